The molecule has 0 saturated carbocycles. The number of likely N-dealkylation sites (N-methyl/N-ethyl adjacent to an activating group) is 1. The molecule has 0 bridgehead atoms. The summed E-state index contributed by atoms with van der Waals surface area (Å²) in [7, 11) is 1.86. The Balaban J connectivity index is 2.58. The number of carbonyl (C=O) groups excluding carboxylic acids is 2. The van der Waals surface area contributed by atoms with Crippen LogP contribution in [0.3, 0.4) is 0 Å². The van der Waals surface area contributed by atoms with Crippen molar-refractivity contribution in [3.05, 3.63) is 0 Å². The number of amides is 2. The third-order valence-electron chi connectivity index (χ3n) is 2.91. The average molecular weight is 229 g/mol. The highest BCUT2D eigenvalue weighted by atomic mass is 16.3. The van der Waals surface area contributed by atoms with E-state index in [-0.39, 0.29) is 11.9 Å². The van der Waals surface area contributed by atoms with Crippen LogP contribution in [-0.2, 0) is 9.59 Å². The predicted octanol–water partition coefficient (Wildman–Crippen LogP) is -1.57. The Morgan fingerprint density at radius 1 is 1.56 bits per heavy atom. The lowest BCUT2D eigenvalue weighted by molar-refractivity contribution is -0.132. The Hall–Kier alpha value is -1.14. The van der Waals surface area contributed by atoms with Gasteiger partial charge in [-0.2, -0.15) is 0 Å². The van der Waals surface area contributed by atoms with Crippen LogP contribution in [0.25, 0.3) is 0 Å². The van der Waals surface area contributed by atoms with E-state index in [0.29, 0.717) is 0 Å². The number of nitrogens with one attached hydrogen (secondary N) is 1. The molecule has 1 heterocycles. The van der Waals surface area contributed by atoms with Gasteiger partial charge in [-0.05, 0) is 33.4 Å². The summed E-state index contributed by atoms with van der Waals surface area (Å²) in [5.41, 5.74) is 5.09. The Labute approximate surface area is 94.8 Å². The van der Waals surface area contributed by atoms with E-state index < -0.39 is 18.1 Å². The number of nitrogens with two attached hydrogens (primary N) is 1. The minimum Gasteiger partial charge on any atom is -0.391 e. The molecule has 1 saturated heterocycles. The van der Waals surface area contributed by atoms with Crippen LogP contribution in [0.4, 0.5) is 0 Å². The van der Waals surface area contributed by atoms with E-state index >= 15 is 0 Å². The summed E-state index contributed by atoms with van der Waals surface area (Å²) in [4.78, 5) is 24.7. The summed E-state index contributed by atoms with van der Waals surface area (Å²) in [6, 6.07) is -1.23. The molecule has 0 aromatic carbocycles. The van der Waals surface area contributed by atoms with E-state index in [1.165, 1.54) is 6.92 Å². The monoisotopic (exact) mass is 229 g/mol. The molecule has 0 aliphatic carbocycles. The highest BCUT2D eigenvalue weighted by molar-refractivity contribution is 5.89. The first-order chi connectivity index (χ1) is 7.43. The van der Waals surface area contributed by atoms with E-state index in [4.69, 9.17) is 5.73 Å². The van der Waals surface area contributed by atoms with Gasteiger partial charge in [0.25, 0.3) is 0 Å². The Kier molecular flexibility index (Phi) is 4.26. The first-order valence-corrected chi connectivity index (χ1v) is 5.41. The fourth-order valence-electron chi connectivity index (χ4n) is 1.92. The SMILES string of the molecule is C[C@@H](O)[C@H](NC(=O)[C@@H]1CCCN1C)C(N)=O. The molecule has 4 N–H and O–H groups in total. The number of primary amides is 1. The molecule has 6 heteroatoms. The largest absolute Gasteiger partial charge is 0.391 e. The number of aliphatic hydroxyl groups is 1. The molecule has 0 spiro atoms. The van der Waals surface area contributed by atoms with Crippen molar-refractivity contribution in [3.8, 4) is 0 Å². The van der Waals surface area contributed by atoms with E-state index in [1.54, 1.807) is 0 Å². The van der Waals surface area contributed by atoms with E-state index in [2.05, 4.69) is 5.32 Å². The van der Waals surface area contributed by atoms with Gasteiger partial charge in [0, 0.05) is 0 Å². The van der Waals surface area contributed by atoms with Crippen molar-refractivity contribution in [3.63, 3.8) is 0 Å². The zero-order valence-corrected chi connectivity index (χ0v) is 9.64. The zero-order valence-electron chi connectivity index (χ0n) is 9.64. The molecule has 1 aliphatic rings. The van der Waals surface area contributed by atoms with Gasteiger partial charge in [-0.25, -0.2) is 0 Å². The van der Waals surface area contributed by atoms with Gasteiger partial charge < -0.3 is 16.2 Å². The lowest BCUT2D eigenvalue weighted by atomic mass is 10.1. The first-order valence-electron chi connectivity index (χ1n) is 5.41. The minimum absolute atomic E-state index is 0.222. The molecule has 0 aromatic heterocycles. The summed E-state index contributed by atoms with van der Waals surface area (Å²) >= 11 is 0. The molecule has 1 aliphatic heterocycles. The van der Waals surface area contributed by atoms with Gasteiger partial charge in [0.1, 0.15) is 6.04 Å². The topological polar surface area (TPSA) is 95.7 Å². The van der Waals surface area contributed by atoms with Crippen molar-refractivity contribution in [1.82, 2.24) is 10.2 Å². The number of aliphatic hydroxyl groups excluding tert-OH is 1. The highest BCUT2D eigenvalue weighted by Gasteiger charge is 2.31. The molecule has 0 aromatic rings. The third-order valence-corrected chi connectivity index (χ3v) is 2.91. The van der Waals surface area contributed by atoms with Crippen LogP contribution in [0.1, 0.15) is 19.8 Å². The molecule has 0 unspecified atom stereocenters. The van der Waals surface area contributed by atoms with Crippen LogP contribution in [-0.4, -0.2) is 53.6 Å². The second-order valence-electron chi connectivity index (χ2n) is 4.27. The lowest BCUT2D eigenvalue weighted by Crippen LogP contribution is -2.54. The molecule has 16 heavy (non-hydrogen) atoms. The summed E-state index contributed by atoms with van der Waals surface area (Å²) in [6.45, 7) is 2.29. The quantitative estimate of drug-likeness (QED) is 0.543. The smallest absolute Gasteiger partial charge is 0.242 e. The second-order valence-corrected chi connectivity index (χ2v) is 4.27. The molecule has 3 atom stereocenters. The van der Waals surface area contributed by atoms with Gasteiger partial charge in [-0.3, -0.25) is 14.5 Å². The maximum atomic E-state index is 11.8. The van der Waals surface area contributed by atoms with E-state index in [0.717, 1.165) is 19.4 Å². The molecule has 1 fully saturated rings. The zero-order chi connectivity index (χ0) is 12.3. The van der Waals surface area contributed by atoms with Crippen LogP contribution in [0, 0.1) is 0 Å². The number of nitrogens with zero attached hydrogens (tertiary/aromatic N) is 1. The predicted molar refractivity (Wildman–Crippen MR) is 58.5 cm³/mol. The van der Waals surface area contributed by atoms with Crippen molar-refractivity contribution in [2.75, 3.05) is 13.6 Å². The Bertz CT molecular complexity index is 280. The molecule has 1 rings (SSSR count). The van der Waals surface area contributed by atoms with E-state index in [1.807, 2.05) is 11.9 Å². The van der Waals surface area contributed by atoms with Crippen LogP contribution in [0.2, 0.25) is 0 Å². The van der Waals surface area contributed by atoms with Crippen molar-refractivity contribution in [2.45, 2.75) is 38.0 Å². The number of hydrogen-bond donors (Lipinski definition) is 3. The number of rotatable bonds is 4. The van der Waals surface area contributed by atoms with E-state index in [9.17, 15) is 14.7 Å². The lowest BCUT2D eigenvalue weighted by Gasteiger charge is -2.23. The van der Waals surface area contributed by atoms with Crippen molar-refractivity contribution in [1.29, 1.82) is 0 Å². The van der Waals surface area contributed by atoms with Gasteiger partial charge in [-0.1, -0.05) is 0 Å². The maximum Gasteiger partial charge on any atom is 0.242 e. The molecule has 92 valence electrons. The normalized spacial score (nSPS) is 25.1. The molecular formula is C10H19N3O3. The van der Waals surface area contributed by atoms with Crippen LogP contribution < -0.4 is 11.1 Å². The maximum absolute atomic E-state index is 11.8. The summed E-state index contributed by atoms with van der Waals surface area (Å²) in [5, 5.41) is 11.8. The van der Waals surface area contributed by atoms with Crippen LogP contribution in [0.15, 0.2) is 0 Å². The van der Waals surface area contributed by atoms with Crippen molar-refractivity contribution >= 4 is 11.8 Å². The van der Waals surface area contributed by atoms with Crippen LogP contribution >= 0.6 is 0 Å². The van der Waals surface area contributed by atoms with Gasteiger partial charge in [-0.15, -0.1) is 0 Å². The fraction of sp³-hybridized carbons (Fsp3) is 0.800. The van der Waals surface area contributed by atoms with Gasteiger partial charge in [0.15, 0.2) is 0 Å². The first kappa shape index (κ1) is 12.9. The van der Waals surface area contributed by atoms with Gasteiger partial charge in [0.2, 0.25) is 11.8 Å². The van der Waals surface area contributed by atoms with Crippen molar-refractivity contribution in [2.24, 2.45) is 5.73 Å². The number of carbonyl (C=O) groups is 2. The summed E-state index contributed by atoms with van der Waals surface area (Å²) in [6.07, 6.45) is 0.756. The molecule has 6 nitrogen and oxygen atoms in total. The summed E-state index contributed by atoms with van der Waals surface area (Å²) < 4.78 is 0. The molecule has 0 radical (unpaired) electrons. The van der Waals surface area contributed by atoms with Crippen molar-refractivity contribution < 1.29 is 14.7 Å². The molecule has 2 amide bonds. The molecular weight excluding hydrogens is 210 g/mol. The van der Waals surface area contributed by atoms with Crippen LogP contribution in [0.5, 0.6) is 0 Å². The fourth-order valence-corrected chi connectivity index (χ4v) is 1.92. The van der Waals surface area contributed by atoms with Gasteiger partial charge in [0.05, 0.1) is 12.1 Å². The third kappa shape index (κ3) is 2.93. The second kappa shape index (κ2) is 5.27. The Morgan fingerprint density at radius 2 is 2.19 bits per heavy atom. The summed E-state index contributed by atoms with van der Waals surface area (Å²) in [5.74, 6) is -0.964. The number of likely N-dealkylation sites (tertiary alicyclic amines) is 1. The minimum atomic E-state index is -1.01. The average Bonchev–Trinajstić information content (AvgIpc) is 2.59. The number of hydrogen-bond acceptors (Lipinski definition) is 4. The Morgan fingerprint density at radius 3 is 2.56 bits per heavy atom. The van der Waals surface area contributed by atoms with Gasteiger partial charge >= 0.3 is 0 Å². The highest BCUT2D eigenvalue weighted by Crippen LogP contribution is 2.14. The standard InChI is InChI=1S/C10H19N3O3/c1-6(14)8(9(11)15)12-10(16)7-4-3-5-13(7)2/h6-8,14H,3-5H2,1-2H3,(H2,11,15)(H,12,16)/t6-,7+,8+/m1/s1.